The standard InChI is InChI=1S/C22H23N3O2S3/c1-16(14-17-8-4-2-5-9-17)15-18-20(27)25(22(28)30-18)12-7-3-6-10-19(26)24-21-23-11-13-29-21/h2,4-5,8-9,11,13-15H,3,6-7,10,12H2,1H3,(H,23,24,26)/b16-14+,18-15-. The zero-order chi connectivity index (χ0) is 21.3. The predicted octanol–water partition coefficient (Wildman–Crippen LogP) is 5.49. The quantitative estimate of drug-likeness (QED) is 0.306. The van der Waals surface area contributed by atoms with Gasteiger partial charge in [0.05, 0.1) is 4.91 Å². The van der Waals surface area contributed by atoms with E-state index >= 15 is 0 Å². The second-order valence-corrected chi connectivity index (χ2v) is 9.40. The number of hydrogen-bond donors (Lipinski definition) is 1. The molecule has 1 aromatic heterocycles. The number of thiazole rings is 1. The average Bonchev–Trinajstić information content (AvgIpc) is 3.31. The molecular formula is C22H23N3O2S3. The summed E-state index contributed by atoms with van der Waals surface area (Å²) in [6, 6.07) is 10.0. The van der Waals surface area contributed by atoms with Crippen molar-refractivity contribution in [1.29, 1.82) is 0 Å². The van der Waals surface area contributed by atoms with E-state index in [1.54, 1.807) is 11.1 Å². The topological polar surface area (TPSA) is 62.3 Å². The zero-order valence-corrected chi connectivity index (χ0v) is 19.1. The summed E-state index contributed by atoms with van der Waals surface area (Å²) >= 11 is 8.15. The third kappa shape index (κ3) is 6.62. The fourth-order valence-corrected chi connectivity index (χ4v) is 4.86. The lowest BCUT2D eigenvalue weighted by Crippen LogP contribution is -2.29. The van der Waals surface area contributed by atoms with E-state index in [-0.39, 0.29) is 11.8 Å². The molecule has 0 radical (unpaired) electrons. The highest BCUT2D eigenvalue weighted by Gasteiger charge is 2.31. The molecule has 1 aliphatic heterocycles. The van der Waals surface area contributed by atoms with E-state index in [0.717, 1.165) is 30.4 Å². The Morgan fingerprint density at radius 3 is 2.77 bits per heavy atom. The molecule has 0 bridgehead atoms. The number of rotatable bonds is 9. The number of nitrogens with one attached hydrogen (secondary N) is 1. The van der Waals surface area contributed by atoms with Crippen molar-refractivity contribution in [2.45, 2.75) is 32.6 Å². The first-order valence-electron chi connectivity index (χ1n) is 9.71. The third-order valence-electron chi connectivity index (χ3n) is 4.39. The highest BCUT2D eigenvalue weighted by atomic mass is 32.2. The maximum Gasteiger partial charge on any atom is 0.266 e. The SMILES string of the molecule is CC(/C=C1\SC(=S)N(CCCCCC(=O)Nc2nccs2)C1=O)=C\c1ccccc1. The molecule has 8 heteroatoms. The predicted molar refractivity (Wildman–Crippen MR) is 129 cm³/mol. The molecule has 0 unspecified atom stereocenters. The van der Waals surface area contributed by atoms with Crippen LogP contribution in [0.5, 0.6) is 0 Å². The van der Waals surface area contributed by atoms with Crippen LogP contribution in [0.25, 0.3) is 6.08 Å². The molecule has 30 heavy (non-hydrogen) atoms. The molecule has 2 heterocycles. The van der Waals surface area contributed by atoms with Crippen molar-refractivity contribution >= 4 is 62.7 Å². The Balaban J connectivity index is 1.43. The van der Waals surface area contributed by atoms with Gasteiger partial charge in [-0.25, -0.2) is 4.98 Å². The molecule has 156 valence electrons. The van der Waals surface area contributed by atoms with Gasteiger partial charge in [-0.3, -0.25) is 14.5 Å². The molecule has 5 nitrogen and oxygen atoms in total. The van der Waals surface area contributed by atoms with E-state index in [0.29, 0.717) is 27.3 Å². The summed E-state index contributed by atoms with van der Waals surface area (Å²) in [6.07, 6.45) is 8.48. The number of benzene rings is 1. The summed E-state index contributed by atoms with van der Waals surface area (Å²) in [7, 11) is 0. The van der Waals surface area contributed by atoms with Crippen molar-refractivity contribution in [2.75, 3.05) is 11.9 Å². The Hall–Kier alpha value is -2.29. The zero-order valence-electron chi connectivity index (χ0n) is 16.7. The third-order valence-corrected chi connectivity index (χ3v) is 6.46. The summed E-state index contributed by atoms with van der Waals surface area (Å²) in [5, 5.41) is 5.23. The van der Waals surface area contributed by atoms with E-state index < -0.39 is 0 Å². The maximum absolute atomic E-state index is 12.7. The van der Waals surface area contributed by atoms with Gasteiger partial charge in [-0.2, -0.15) is 0 Å². The van der Waals surface area contributed by atoms with Crippen molar-refractivity contribution in [3.8, 4) is 0 Å². The maximum atomic E-state index is 12.7. The number of thiocarbonyl (C=S) groups is 1. The van der Waals surface area contributed by atoms with Crippen LogP contribution in [-0.4, -0.2) is 32.6 Å². The number of carbonyl (C=O) groups is 2. The van der Waals surface area contributed by atoms with Crippen LogP contribution in [0, 0.1) is 0 Å². The summed E-state index contributed by atoms with van der Waals surface area (Å²) < 4.78 is 0.597. The van der Waals surface area contributed by atoms with Crippen molar-refractivity contribution in [3.05, 3.63) is 64.0 Å². The van der Waals surface area contributed by atoms with Crippen LogP contribution < -0.4 is 5.32 Å². The lowest BCUT2D eigenvalue weighted by atomic mass is 10.1. The van der Waals surface area contributed by atoms with Gasteiger partial charge in [-0.05, 0) is 37.0 Å². The highest BCUT2D eigenvalue weighted by Crippen LogP contribution is 2.32. The molecule has 2 amide bonds. The van der Waals surface area contributed by atoms with Gasteiger partial charge in [0.15, 0.2) is 5.13 Å². The Labute approximate surface area is 190 Å². The van der Waals surface area contributed by atoms with Crippen LogP contribution in [0.3, 0.4) is 0 Å². The van der Waals surface area contributed by atoms with Crippen LogP contribution in [-0.2, 0) is 9.59 Å². The monoisotopic (exact) mass is 457 g/mol. The molecule has 1 saturated heterocycles. The van der Waals surface area contributed by atoms with Gasteiger partial charge in [0, 0.05) is 24.5 Å². The first kappa shape index (κ1) is 22.4. The van der Waals surface area contributed by atoms with Crippen molar-refractivity contribution < 1.29 is 9.59 Å². The Morgan fingerprint density at radius 2 is 2.03 bits per heavy atom. The molecule has 1 aliphatic rings. The van der Waals surface area contributed by atoms with E-state index in [1.165, 1.54) is 23.1 Å². The number of carbonyl (C=O) groups excluding carboxylic acids is 2. The highest BCUT2D eigenvalue weighted by molar-refractivity contribution is 8.26. The van der Waals surface area contributed by atoms with Gasteiger partial charge in [0.2, 0.25) is 5.91 Å². The number of aromatic nitrogens is 1. The van der Waals surface area contributed by atoms with Gasteiger partial charge in [0.1, 0.15) is 4.32 Å². The normalized spacial score (nSPS) is 15.8. The fourth-order valence-electron chi connectivity index (χ4n) is 2.95. The lowest BCUT2D eigenvalue weighted by Gasteiger charge is -2.14. The number of hydrogen-bond acceptors (Lipinski definition) is 6. The van der Waals surface area contributed by atoms with Gasteiger partial charge < -0.3 is 5.32 Å². The molecule has 1 aromatic carbocycles. The number of amides is 2. The summed E-state index contributed by atoms with van der Waals surface area (Å²) in [5.41, 5.74) is 2.11. The van der Waals surface area contributed by atoms with Gasteiger partial charge >= 0.3 is 0 Å². The minimum Gasteiger partial charge on any atom is -0.302 e. The van der Waals surface area contributed by atoms with Crippen LogP contribution in [0.4, 0.5) is 5.13 Å². The molecule has 1 N–H and O–H groups in total. The molecule has 3 rings (SSSR count). The molecule has 0 aliphatic carbocycles. The lowest BCUT2D eigenvalue weighted by molar-refractivity contribution is -0.122. The molecular weight excluding hydrogens is 434 g/mol. The minimum absolute atomic E-state index is 0.0285. The number of anilines is 1. The number of unbranched alkanes of at least 4 members (excludes halogenated alkanes) is 2. The Kier molecular flexibility index (Phi) is 8.36. The molecule has 1 fully saturated rings. The molecule has 0 atom stereocenters. The number of nitrogens with zero attached hydrogens (tertiary/aromatic N) is 2. The van der Waals surface area contributed by atoms with Crippen molar-refractivity contribution in [2.24, 2.45) is 0 Å². The van der Waals surface area contributed by atoms with Gasteiger partial charge in [0.25, 0.3) is 5.91 Å². The molecule has 0 spiro atoms. The summed E-state index contributed by atoms with van der Waals surface area (Å²) in [4.78, 5) is 30.9. The Morgan fingerprint density at radius 1 is 1.23 bits per heavy atom. The summed E-state index contributed by atoms with van der Waals surface area (Å²) in [6.45, 7) is 2.56. The second-order valence-electron chi connectivity index (χ2n) is 6.83. The first-order chi connectivity index (χ1) is 14.5. The van der Waals surface area contributed by atoms with E-state index in [9.17, 15) is 9.59 Å². The molecule has 2 aromatic rings. The Bertz CT molecular complexity index is 953. The van der Waals surface area contributed by atoms with E-state index in [1.807, 2.05) is 54.8 Å². The minimum atomic E-state index is -0.0349. The average molecular weight is 458 g/mol. The second kappa shape index (κ2) is 11.2. The number of thioether (sulfide) groups is 1. The van der Waals surface area contributed by atoms with Crippen LogP contribution in [0.2, 0.25) is 0 Å². The smallest absolute Gasteiger partial charge is 0.266 e. The van der Waals surface area contributed by atoms with E-state index in [4.69, 9.17) is 12.2 Å². The van der Waals surface area contributed by atoms with Crippen molar-refractivity contribution in [1.82, 2.24) is 9.88 Å². The number of allylic oxidation sites excluding steroid dienone is 2. The van der Waals surface area contributed by atoms with Gasteiger partial charge in [-0.15, -0.1) is 11.3 Å². The summed E-state index contributed by atoms with van der Waals surface area (Å²) in [5.74, 6) is -0.0634. The van der Waals surface area contributed by atoms with Crippen LogP contribution >= 0.6 is 35.3 Å². The van der Waals surface area contributed by atoms with Gasteiger partial charge in [-0.1, -0.05) is 66.8 Å². The fraction of sp³-hybridized carbons (Fsp3) is 0.273. The van der Waals surface area contributed by atoms with Crippen LogP contribution in [0.1, 0.15) is 38.2 Å². The van der Waals surface area contributed by atoms with Crippen LogP contribution in [0.15, 0.2) is 58.5 Å². The molecule has 0 saturated carbocycles. The van der Waals surface area contributed by atoms with E-state index in [2.05, 4.69) is 10.3 Å². The first-order valence-corrected chi connectivity index (χ1v) is 11.8. The largest absolute Gasteiger partial charge is 0.302 e. The van der Waals surface area contributed by atoms with Crippen molar-refractivity contribution in [3.63, 3.8) is 0 Å².